The molecule has 3 rings (SSSR count). The molecule has 2 atom stereocenters. The lowest BCUT2D eigenvalue weighted by Gasteiger charge is -2.26. The SMILES string of the molecule is COc1ccc([C@H]2Sc3ccc(OC)cc3N(CCN(C)C)C(=O)[C@H]2O)cc1. The van der Waals surface area contributed by atoms with Crippen LogP contribution in [0.3, 0.4) is 0 Å². The first-order chi connectivity index (χ1) is 13.4. The first-order valence-corrected chi connectivity index (χ1v) is 9.95. The third-order valence-electron chi connectivity index (χ3n) is 4.73. The Morgan fingerprint density at radius 1 is 1.07 bits per heavy atom. The molecule has 150 valence electrons. The van der Waals surface area contributed by atoms with E-state index in [9.17, 15) is 9.90 Å². The number of thioether (sulfide) groups is 1. The second kappa shape index (κ2) is 8.86. The van der Waals surface area contributed by atoms with Gasteiger partial charge in [-0.05, 0) is 43.9 Å². The van der Waals surface area contributed by atoms with Gasteiger partial charge in [-0.3, -0.25) is 4.79 Å². The van der Waals surface area contributed by atoms with Crippen molar-refractivity contribution in [3.8, 4) is 11.5 Å². The van der Waals surface area contributed by atoms with Gasteiger partial charge in [0.2, 0.25) is 0 Å². The molecule has 0 radical (unpaired) electrons. The smallest absolute Gasteiger partial charge is 0.257 e. The maximum atomic E-state index is 13.2. The number of carbonyl (C=O) groups excluding carboxylic acids is 1. The van der Waals surface area contributed by atoms with Gasteiger partial charge < -0.3 is 24.4 Å². The summed E-state index contributed by atoms with van der Waals surface area (Å²) in [7, 11) is 7.13. The van der Waals surface area contributed by atoms with Crippen molar-refractivity contribution in [1.29, 1.82) is 0 Å². The standard InChI is InChI=1S/C21H26N2O4S/c1-22(2)11-12-23-17-13-16(27-4)9-10-18(17)28-20(19(24)21(23)25)14-5-7-15(26-3)8-6-14/h5-10,13,19-20,24H,11-12H2,1-4H3/t19-,20+/m0/s1. The van der Waals surface area contributed by atoms with Crippen LogP contribution in [-0.2, 0) is 4.79 Å². The van der Waals surface area contributed by atoms with E-state index in [0.29, 0.717) is 18.8 Å². The van der Waals surface area contributed by atoms with Gasteiger partial charge in [0.1, 0.15) is 17.6 Å². The lowest BCUT2D eigenvalue weighted by molar-refractivity contribution is -0.126. The Balaban J connectivity index is 2.02. The summed E-state index contributed by atoms with van der Waals surface area (Å²) in [4.78, 5) is 17.8. The molecule has 0 spiro atoms. The molecule has 7 heteroatoms. The van der Waals surface area contributed by atoms with E-state index >= 15 is 0 Å². The number of methoxy groups -OCH3 is 2. The average molecular weight is 403 g/mol. The van der Waals surface area contributed by atoms with E-state index in [4.69, 9.17) is 9.47 Å². The molecule has 1 aliphatic rings. The summed E-state index contributed by atoms with van der Waals surface area (Å²) in [5.74, 6) is 1.11. The highest BCUT2D eigenvalue weighted by Crippen LogP contribution is 2.46. The Bertz CT molecular complexity index is 826. The van der Waals surface area contributed by atoms with E-state index in [-0.39, 0.29) is 5.91 Å². The Labute approximate surface area is 170 Å². The third-order valence-corrected chi connectivity index (χ3v) is 6.11. The number of fused-ring (bicyclic) bond motifs is 1. The average Bonchev–Trinajstić information content (AvgIpc) is 2.81. The molecule has 2 aromatic carbocycles. The molecule has 0 fully saturated rings. The lowest BCUT2D eigenvalue weighted by atomic mass is 10.1. The topological polar surface area (TPSA) is 62.2 Å². The van der Waals surface area contributed by atoms with Crippen LogP contribution in [0.15, 0.2) is 47.4 Å². The zero-order valence-corrected chi connectivity index (χ0v) is 17.4. The number of carbonyl (C=O) groups is 1. The van der Waals surface area contributed by atoms with E-state index < -0.39 is 11.4 Å². The maximum Gasteiger partial charge on any atom is 0.257 e. The Morgan fingerprint density at radius 2 is 1.71 bits per heavy atom. The van der Waals surface area contributed by atoms with Crippen molar-refractivity contribution < 1.29 is 19.4 Å². The van der Waals surface area contributed by atoms with Crippen LogP contribution in [0.5, 0.6) is 11.5 Å². The van der Waals surface area contributed by atoms with Crippen molar-refractivity contribution in [2.45, 2.75) is 16.2 Å². The molecule has 2 aromatic rings. The van der Waals surface area contributed by atoms with Gasteiger partial charge in [0, 0.05) is 24.1 Å². The number of likely N-dealkylation sites (N-methyl/N-ethyl adjacent to an activating group) is 1. The fourth-order valence-corrected chi connectivity index (χ4v) is 4.37. The van der Waals surface area contributed by atoms with Crippen LogP contribution in [-0.4, -0.2) is 63.4 Å². The van der Waals surface area contributed by atoms with Gasteiger partial charge >= 0.3 is 0 Å². The van der Waals surface area contributed by atoms with E-state index in [1.54, 1.807) is 19.1 Å². The van der Waals surface area contributed by atoms with Crippen LogP contribution in [0.25, 0.3) is 0 Å². The molecule has 0 saturated carbocycles. The first-order valence-electron chi connectivity index (χ1n) is 9.07. The van der Waals surface area contributed by atoms with Crippen molar-refractivity contribution in [1.82, 2.24) is 4.90 Å². The Hall–Kier alpha value is -2.22. The fraction of sp³-hybridized carbons (Fsp3) is 0.381. The molecule has 0 aromatic heterocycles. The van der Waals surface area contributed by atoms with E-state index in [1.807, 2.05) is 61.5 Å². The van der Waals surface area contributed by atoms with Crippen LogP contribution in [0.2, 0.25) is 0 Å². The minimum Gasteiger partial charge on any atom is -0.497 e. The second-order valence-corrected chi connectivity index (χ2v) is 8.07. The quantitative estimate of drug-likeness (QED) is 0.802. The minimum atomic E-state index is -1.15. The highest BCUT2D eigenvalue weighted by molar-refractivity contribution is 7.99. The highest BCUT2D eigenvalue weighted by Gasteiger charge is 2.37. The molecule has 28 heavy (non-hydrogen) atoms. The second-order valence-electron chi connectivity index (χ2n) is 6.88. The fourth-order valence-electron chi connectivity index (χ4n) is 3.12. The third kappa shape index (κ3) is 4.27. The van der Waals surface area contributed by atoms with Crippen LogP contribution < -0.4 is 14.4 Å². The predicted molar refractivity (Wildman–Crippen MR) is 111 cm³/mol. The highest BCUT2D eigenvalue weighted by atomic mass is 32.2. The van der Waals surface area contributed by atoms with Crippen LogP contribution in [0.1, 0.15) is 10.8 Å². The molecular weight excluding hydrogens is 376 g/mol. The molecule has 1 N–H and O–H groups in total. The summed E-state index contributed by atoms with van der Waals surface area (Å²) in [6.45, 7) is 1.17. The Morgan fingerprint density at radius 3 is 2.32 bits per heavy atom. The molecular formula is C21H26N2O4S. The zero-order valence-electron chi connectivity index (χ0n) is 16.6. The van der Waals surface area contributed by atoms with E-state index in [1.165, 1.54) is 11.8 Å². The van der Waals surface area contributed by atoms with Crippen molar-refractivity contribution >= 4 is 23.4 Å². The van der Waals surface area contributed by atoms with Crippen molar-refractivity contribution in [2.75, 3.05) is 46.3 Å². The van der Waals surface area contributed by atoms with Gasteiger partial charge in [0.15, 0.2) is 0 Å². The molecule has 1 amide bonds. The van der Waals surface area contributed by atoms with Crippen LogP contribution in [0, 0.1) is 0 Å². The van der Waals surface area contributed by atoms with Crippen molar-refractivity contribution in [3.63, 3.8) is 0 Å². The molecule has 0 unspecified atom stereocenters. The summed E-state index contributed by atoms with van der Waals surface area (Å²) < 4.78 is 10.6. The van der Waals surface area contributed by atoms with Gasteiger partial charge in [0.25, 0.3) is 5.91 Å². The number of hydrogen-bond donors (Lipinski definition) is 1. The van der Waals surface area contributed by atoms with Gasteiger partial charge in [0.05, 0.1) is 25.2 Å². The number of aliphatic hydroxyl groups excluding tert-OH is 1. The van der Waals surface area contributed by atoms with Crippen molar-refractivity contribution in [2.24, 2.45) is 0 Å². The number of amides is 1. The normalized spacial score (nSPS) is 19.4. The largest absolute Gasteiger partial charge is 0.497 e. The number of nitrogens with zero attached hydrogens (tertiary/aromatic N) is 2. The van der Waals surface area contributed by atoms with Crippen LogP contribution >= 0.6 is 11.8 Å². The number of rotatable bonds is 6. The summed E-state index contributed by atoms with van der Waals surface area (Å²) >= 11 is 1.49. The molecule has 0 bridgehead atoms. The van der Waals surface area contributed by atoms with Gasteiger partial charge in [-0.25, -0.2) is 0 Å². The zero-order chi connectivity index (χ0) is 20.3. The summed E-state index contributed by atoms with van der Waals surface area (Å²) in [5.41, 5.74) is 1.65. The number of anilines is 1. The Kier molecular flexibility index (Phi) is 6.49. The first kappa shape index (κ1) is 20.5. The minimum absolute atomic E-state index is 0.304. The van der Waals surface area contributed by atoms with E-state index in [0.717, 1.165) is 21.9 Å². The monoisotopic (exact) mass is 402 g/mol. The molecule has 6 nitrogen and oxygen atoms in total. The van der Waals surface area contributed by atoms with Gasteiger partial charge in [-0.2, -0.15) is 0 Å². The molecule has 0 aliphatic carbocycles. The van der Waals surface area contributed by atoms with Gasteiger partial charge in [-0.1, -0.05) is 12.1 Å². The predicted octanol–water partition coefficient (Wildman–Crippen LogP) is 2.81. The summed E-state index contributed by atoms with van der Waals surface area (Å²) in [6.07, 6.45) is -1.15. The van der Waals surface area contributed by atoms with Crippen LogP contribution in [0.4, 0.5) is 5.69 Å². The van der Waals surface area contributed by atoms with Gasteiger partial charge in [-0.15, -0.1) is 11.8 Å². The molecule has 0 saturated heterocycles. The summed E-state index contributed by atoms with van der Waals surface area (Å²) in [5, 5.41) is 10.5. The number of hydrogen-bond acceptors (Lipinski definition) is 6. The molecule has 1 heterocycles. The van der Waals surface area contributed by atoms with Crippen molar-refractivity contribution in [3.05, 3.63) is 48.0 Å². The summed E-state index contributed by atoms with van der Waals surface area (Å²) in [6, 6.07) is 13.2. The number of ether oxygens (including phenoxy) is 2. The maximum absolute atomic E-state index is 13.2. The van der Waals surface area contributed by atoms with E-state index in [2.05, 4.69) is 0 Å². The molecule has 1 aliphatic heterocycles. The number of benzene rings is 2. The lowest BCUT2D eigenvalue weighted by Crippen LogP contribution is -2.43. The number of aliphatic hydroxyl groups is 1.